The Balaban J connectivity index is 1.66. The van der Waals surface area contributed by atoms with E-state index in [9.17, 15) is 0 Å². The second-order valence-electron chi connectivity index (χ2n) is 5.74. The van der Waals surface area contributed by atoms with Gasteiger partial charge in [0.15, 0.2) is 0 Å². The van der Waals surface area contributed by atoms with Crippen LogP contribution in [0.1, 0.15) is 31.4 Å². The summed E-state index contributed by atoms with van der Waals surface area (Å²) in [5.41, 5.74) is 1.12. The minimum absolute atomic E-state index is 0.676. The molecular formula is C13H21ClN4. The van der Waals surface area contributed by atoms with Gasteiger partial charge in [0.2, 0.25) is 0 Å². The van der Waals surface area contributed by atoms with Crippen molar-refractivity contribution in [2.24, 2.45) is 7.05 Å². The maximum absolute atomic E-state index is 6.18. The maximum Gasteiger partial charge on any atom is 0.0831 e. The Morgan fingerprint density at radius 1 is 1.44 bits per heavy atom. The quantitative estimate of drug-likeness (QED) is 0.907. The van der Waals surface area contributed by atoms with Crippen LogP contribution in [0.15, 0.2) is 6.20 Å². The summed E-state index contributed by atoms with van der Waals surface area (Å²) in [6, 6.07) is 2.14. The minimum Gasteiger partial charge on any atom is -0.311 e. The molecule has 2 saturated heterocycles. The average molecular weight is 269 g/mol. The predicted molar refractivity (Wildman–Crippen MR) is 72.7 cm³/mol. The maximum atomic E-state index is 6.18. The number of fused-ring (bicyclic) bond motifs is 2. The number of nitrogens with zero attached hydrogens (tertiary/aromatic N) is 3. The monoisotopic (exact) mass is 268 g/mol. The van der Waals surface area contributed by atoms with Gasteiger partial charge < -0.3 is 5.32 Å². The van der Waals surface area contributed by atoms with Gasteiger partial charge in [-0.15, -0.1) is 0 Å². The van der Waals surface area contributed by atoms with Crippen molar-refractivity contribution < 1.29 is 0 Å². The van der Waals surface area contributed by atoms with Gasteiger partial charge in [0.1, 0.15) is 0 Å². The van der Waals surface area contributed by atoms with E-state index in [-0.39, 0.29) is 0 Å². The molecule has 0 aromatic carbocycles. The standard InChI is InChI=1S/C13H21ClN4/c1-17(8-13-12(14)7-15-18(13)2)11-5-9-3-4-10(6-11)16-9/h7,9-11,16H,3-6,8H2,1-2H3. The highest BCUT2D eigenvalue weighted by Gasteiger charge is 2.35. The van der Waals surface area contributed by atoms with Crippen molar-refractivity contribution in [3.8, 4) is 0 Å². The third kappa shape index (κ3) is 2.29. The second kappa shape index (κ2) is 4.83. The molecule has 2 unspecified atom stereocenters. The molecule has 4 nitrogen and oxygen atoms in total. The van der Waals surface area contributed by atoms with E-state index in [4.69, 9.17) is 11.6 Å². The third-order valence-electron chi connectivity index (χ3n) is 4.48. The van der Waals surface area contributed by atoms with E-state index in [2.05, 4.69) is 22.4 Å². The molecule has 3 rings (SSSR count). The van der Waals surface area contributed by atoms with Crippen molar-refractivity contribution in [3.63, 3.8) is 0 Å². The summed E-state index contributed by atoms with van der Waals surface area (Å²) in [6.45, 7) is 0.888. The van der Waals surface area contributed by atoms with Crippen LogP contribution in [0.25, 0.3) is 0 Å². The molecule has 18 heavy (non-hydrogen) atoms. The first-order chi connectivity index (χ1) is 8.63. The number of aryl methyl sites for hydroxylation is 1. The van der Waals surface area contributed by atoms with Gasteiger partial charge >= 0.3 is 0 Å². The zero-order valence-electron chi connectivity index (χ0n) is 11.1. The van der Waals surface area contributed by atoms with Crippen LogP contribution >= 0.6 is 11.6 Å². The molecule has 100 valence electrons. The molecule has 0 spiro atoms. The number of aromatic nitrogens is 2. The molecule has 1 aromatic rings. The lowest BCUT2D eigenvalue weighted by Crippen LogP contribution is -2.46. The molecule has 0 aliphatic carbocycles. The van der Waals surface area contributed by atoms with E-state index >= 15 is 0 Å². The van der Waals surface area contributed by atoms with Crippen molar-refractivity contribution in [2.45, 2.75) is 50.4 Å². The summed E-state index contributed by atoms with van der Waals surface area (Å²) in [7, 11) is 4.17. The first kappa shape index (κ1) is 12.5. The molecule has 2 aliphatic rings. The van der Waals surface area contributed by atoms with Crippen molar-refractivity contribution in [1.29, 1.82) is 0 Å². The zero-order chi connectivity index (χ0) is 12.7. The number of hydrogen-bond acceptors (Lipinski definition) is 3. The first-order valence-corrected chi connectivity index (χ1v) is 7.14. The first-order valence-electron chi connectivity index (χ1n) is 6.76. The number of nitrogens with one attached hydrogen (secondary N) is 1. The summed E-state index contributed by atoms with van der Waals surface area (Å²) in [6.07, 6.45) is 6.96. The molecule has 1 aromatic heterocycles. The zero-order valence-corrected chi connectivity index (χ0v) is 11.8. The lowest BCUT2D eigenvalue weighted by molar-refractivity contribution is 0.163. The Kier molecular flexibility index (Phi) is 3.34. The highest BCUT2D eigenvalue weighted by Crippen LogP contribution is 2.30. The molecule has 0 radical (unpaired) electrons. The molecule has 2 aliphatic heterocycles. The number of hydrogen-bond donors (Lipinski definition) is 1. The highest BCUT2D eigenvalue weighted by atomic mass is 35.5. The molecule has 1 N–H and O–H groups in total. The Hall–Kier alpha value is -0.580. The topological polar surface area (TPSA) is 33.1 Å². The third-order valence-corrected chi connectivity index (χ3v) is 4.80. The van der Waals surface area contributed by atoms with Crippen LogP contribution in [0.2, 0.25) is 5.02 Å². The fraction of sp³-hybridized carbons (Fsp3) is 0.769. The highest BCUT2D eigenvalue weighted by molar-refractivity contribution is 6.31. The van der Waals surface area contributed by atoms with Crippen molar-refractivity contribution in [3.05, 3.63) is 16.9 Å². The van der Waals surface area contributed by atoms with Crippen LogP contribution in [-0.2, 0) is 13.6 Å². The van der Waals surface area contributed by atoms with Crippen molar-refractivity contribution in [1.82, 2.24) is 20.0 Å². The van der Waals surface area contributed by atoms with E-state index in [1.165, 1.54) is 25.7 Å². The van der Waals surface area contributed by atoms with Crippen LogP contribution in [0.3, 0.4) is 0 Å². The molecular weight excluding hydrogens is 248 g/mol. The number of rotatable bonds is 3. The minimum atomic E-state index is 0.676. The predicted octanol–water partition coefficient (Wildman–Crippen LogP) is 1.79. The van der Waals surface area contributed by atoms with Gasteiger partial charge in [-0.2, -0.15) is 5.10 Å². The summed E-state index contributed by atoms with van der Waals surface area (Å²) in [4.78, 5) is 2.44. The fourth-order valence-electron chi connectivity index (χ4n) is 3.37. The lowest BCUT2D eigenvalue weighted by atomic mass is 9.98. The molecule has 2 fully saturated rings. The van der Waals surface area contributed by atoms with Crippen molar-refractivity contribution in [2.75, 3.05) is 7.05 Å². The van der Waals surface area contributed by atoms with Crippen LogP contribution in [-0.4, -0.2) is 39.9 Å². The van der Waals surface area contributed by atoms with E-state index in [0.29, 0.717) is 6.04 Å². The van der Waals surface area contributed by atoms with Gasteiger partial charge in [0.05, 0.1) is 16.9 Å². The SMILES string of the molecule is CN(Cc1c(Cl)cnn1C)C1CC2CCC(C1)N2. The number of piperidine rings is 1. The average Bonchev–Trinajstić information content (AvgIpc) is 2.85. The van der Waals surface area contributed by atoms with Crippen LogP contribution in [0, 0.1) is 0 Å². The summed E-state index contributed by atoms with van der Waals surface area (Å²) in [5.74, 6) is 0. The Morgan fingerprint density at radius 3 is 2.67 bits per heavy atom. The van der Waals surface area contributed by atoms with E-state index in [0.717, 1.165) is 29.3 Å². The van der Waals surface area contributed by atoms with Crippen LogP contribution < -0.4 is 5.32 Å². The molecule has 3 heterocycles. The number of halogens is 1. The summed E-state index contributed by atoms with van der Waals surface area (Å²) >= 11 is 6.18. The molecule has 2 atom stereocenters. The molecule has 5 heteroatoms. The van der Waals surface area contributed by atoms with Crippen molar-refractivity contribution >= 4 is 11.6 Å². The van der Waals surface area contributed by atoms with Gasteiger partial charge in [0.25, 0.3) is 0 Å². The van der Waals surface area contributed by atoms with Gasteiger partial charge in [0, 0.05) is 31.7 Å². The largest absolute Gasteiger partial charge is 0.311 e. The Bertz CT molecular complexity index is 399. The fourth-order valence-corrected chi connectivity index (χ4v) is 3.59. The lowest BCUT2D eigenvalue weighted by Gasteiger charge is -2.35. The van der Waals surface area contributed by atoms with Gasteiger partial charge in [-0.05, 0) is 32.7 Å². The molecule has 2 bridgehead atoms. The van der Waals surface area contributed by atoms with Gasteiger partial charge in [-0.25, -0.2) is 0 Å². The Labute approximate surface area is 113 Å². The van der Waals surface area contributed by atoms with E-state index < -0.39 is 0 Å². The summed E-state index contributed by atoms with van der Waals surface area (Å²) < 4.78 is 1.88. The van der Waals surface area contributed by atoms with E-state index in [1.807, 2.05) is 11.7 Å². The Morgan fingerprint density at radius 2 is 2.11 bits per heavy atom. The van der Waals surface area contributed by atoms with Crippen LogP contribution in [0.4, 0.5) is 0 Å². The summed E-state index contributed by atoms with van der Waals surface area (Å²) in [5, 5.41) is 8.67. The molecule has 0 amide bonds. The smallest absolute Gasteiger partial charge is 0.0831 e. The second-order valence-corrected chi connectivity index (χ2v) is 6.15. The normalized spacial score (nSPS) is 31.2. The molecule has 0 saturated carbocycles. The van der Waals surface area contributed by atoms with Gasteiger partial charge in [-0.3, -0.25) is 9.58 Å². The van der Waals surface area contributed by atoms with Crippen LogP contribution in [0.5, 0.6) is 0 Å². The van der Waals surface area contributed by atoms with E-state index in [1.54, 1.807) is 6.20 Å². The van der Waals surface area contributed by atoms with Gasteiger partial charge in [-0.1, -0.05) is 11.6 Å².